The Kier molecular flexibility index (Phi) is 7.08. The first kappa shape index (κ1) is 20.7. The minimum absolute atomic E-state index is 0.630. The third-order valence-corrected chi connectivity index (χ3v) is 11.8. The van der Waals surface area contributed by atoms with Crippen molar-refractivity contribution in [1.29, 1.82) is 0 Å². The van der Waals surface area contributed by atoms with Gasteiger partial charge in [-0.2, -0.15) is 0 Å². The third kappa shape index (κ3) is 5.10. The Labute approximate surface area is 151 Å². The van der Waals surface area contributed by atoms with Crippen LogP contribution in [0.3, 0.4) is 0 Å². The zero-order valence-electron chi connectivity index (χ0n) is 16.9. The molecule has 1 nitrogen and oxygen atoms in total. The van der Waals surface area contributed by atoms with Crippen LogP contribution in [-0.4, -0.2) is 21.1 Å². The molecule has 0 unspecified atom stereocenters. The molecule has 1 rings (SSSR count). The summed E-state index contributed by atoms with van der Waals surface area (Å²) >= 11 is 0. The van der Waals surface area contributed by atoms with E-state index in [1.807, 2.05) is 18.3 Å². The lowest BCUT2D eigenvalue weighted by molar-refractivity contribution is 0.838. The van der Waals surface area contributed by atoms with Gasteiger partial charge < -0.3 is 0 Å². The van der Waals surface area contributed by atoms with Crippen LogP contribution in [0.5, 0.6) is 0 Å². The van der Waals surface area contributed by atoms with E-state index in [0.29, 0.717) is 16.6 Å². The molecular formula is C21H33NSi2. The van der Waals surface area contributed by atoms with Crippen molar-refractivity contribution in [1.82, 2.24) is 4.98 Å². The Morgan fingerprint density at radius 1 is 0.833 bits per heavy atom. The summed E-state index contributed by atoms with van der Waals surface area (Å²) in [5.74, 6) is 6.79. The van der Waals surface area contributed by atoms with Crippen molar-refractivity contribution in [2.75, 3.05) is 0 Å². The molecule has 1 heterocycles. The van der Waals surface area contributed by atoms with Crippen LogP contribution in [0.1, 0.15) is 52.8 Å². The molecule has 0 aliphatic heterocycles. The first-order chi connectivity index (χ1) is 11.0. The van der Waals surface area contributed by atoms with E-state index in [9.17, 15) is 0 Å². The Hall–Kier alpha value is -1.30. The van der Waals surface area contributed by atoms with Gasteiger partial charge in [0.05, 0.1) is 5.56 Å². The molecule has 1 aromatic heterocycles. The summed E-state index contributed by atoms with van der Waals surface area (Å²) in [6.07, 6.45) is 1.83. The lowest BCUT2D eigenvalue weighted by Crippen LogP contribution is -2.43. The predicted molar refractivity (Wildman–Crippen MR) is 112 cm³/mol. The average molecular weight is 356 g/mol. The smallest absolute Gasteiger partial charge is 0.146 e. The molecule has 0 atom stereocenters. The summed E-state index contributed by atoms with van der Waals surface area (Å²) in [6, 6.07) is 4.00. The molecule has 0 amide bonds. The molecule has 1 aromatic rings. The van der Waals surface area contributed by atoms with Crippen LogP contribution in [0.4, 0.5) is 0 Å². The van der Waals surface area contributed by atoms with E-state index in [2.05, 4.69) is 89.1 Å². The highest BCUT2D eigenvalue weighted by Gasteiger charge is 2.41. The second kappa shape index (κ2) is 8.19. The number of pyridine rings is 1. The van der Waals surface area contributed by atoms with Crippen LogP contribution < -0.4 is 0 Å². The summed E-state index contributed by atoms with van der Waals surface area (Å²) in [6.45, 7) is 20.8. The fraction of sp³-hybridized carbons (Fsp3) is 0.571. The maximum Gasteiger partial charge on any atom is 0.146 e. The highest BCUT2D eigenvalue weighted by atomic mass is 28.3. The van der Waals surface area contributed by atoms with E-state index in [1.165, 1.54) is 0 Å². The van der Waals surface area contributed by atoms with Gasteiger partial charge in [0.25, 0.3) is 0 Å². The monoisotopic (exact) mass is 355 g/mol. The van der Waals surface area contributed by atoms with E-state index in [0.717, 1.165) is 11.3 Å². The molecule has 0 saturated heterocycles. The molecule has 130 valence electrons. The second-order valence-electron chi connectivity index (χ2n) is 8.55. The molecule has 0 fully saturated rings. The van der Waals surface area contributed by atoms with E-state index >= 15 is 0 Å². The molecule has 0 radical (unpaired) electrons. The molecule has 0 spiro atoms. The summed E-state index contributed by atoms with van der Waals surface area (Å²) < 4.78 is 0. The minimum Gasteiger partial charge on any atom is -0.246 e. The van der Waals surface area contributed by atoms with Crippen LogP contribution in [0, 0.1) is 22.9 Å². The Morgan fingerprint density at radius 3 is 1.83 bits per heavy atom. The standard InChI is InChI=1S/C21H33NSi2/c1-17(2)24(18(3)4,19(5)6)16-13-21-20(11-10-14-22-21)12-15-23(7,8)9/h10-11,14,17-19H,1-9H3. The van der Waals surface area contributed by atoms with Gasteiger partial charge in [0.2, 0.25) is 0 Å². The number of nitrogens with zero attached hydrogens (tertiary/aromatic N) is 1. The molecule has 0 saturated carbocycles. The van der Waals surface area contributed by atoms with Gasteiger partial charge in [-0.25, -0.2) is 4.98 Å². The fourth-order valence-electron chi connectivity index (χ4n) is 3.46. The SMILES string of the molecule is CC(C)[Si](C#Cc1ncccc1C#C[Si](C)(C)C)(C(C)C)C(C)C. The molecule has 0 aromatic carbocycles. The molecule has 0 aliphatic rings. The minimum atomic E-state index is -1.73. The molecular weight excluding hydrogens is 322 g/mol. The first-order valence-electron chi connectivity index (χ1n) is 9.02. The first-order valence-corrected chi connectivity index (χ1v) is 14.7. The number of aromatic nitrogens is 1. The normalized spacial score (nSPS) is 12.0. The maximum atomic E-state index is 4.52. The lowest BCUT2D eigenvalue weighted by Gasteiger charge is -2.38. The third-order valence-electron chi connectivity index (χ3n) is 4.64. The Bertz CT molecular complexity index is 652. The van der Waals surface area contributed by atoms with Crippen LogP contribution in [0.15, 0.2) is 18.3 Å². The van der Waals surface area contributed by atoms with E-state index < -0.39 is 16.1 Å². The summed E-state index contributed by atoms with van der Waals surface area (Å²) in [5.41, 5.74) is 10.9. The van der Waals surface area contributed by atoms with Crippen molar-refractivity contribution in [2.24, 2.45) is 0 Å². The summed E-state index contributed by atoms with van der Waals surface area (Å²) in [4.78, 5) is 4.52. The molecule has 24 heavy (non-hydrogen) atoms. The topological polar surface area (TPSA) is 12.9 Å². The van der Waals surface area contributed by atoms with Crippen molar-refractivity contribution in [3.05, 3.63) is 29.6 Å². The van der Waals surface area contributed by atoms with Gasteiger partial charge in [0.1, 0.15) is 21.8 Å². The predicted octanol–water partition coefficient (Wildman–Crippen LogP) is 5.88. The van der Waals surface area contributed by atoms with Gasteiger partial charge in [0.15, 0.2) is 0 Å². The number of hydrogen-bond donors (Lipinski definition) is 0. The highest BCUT2D eigenvalue weighted by Crippen LogP contribution is 2.40. The van der Waals surface area contributed by atoms with Gasteiger partial charge in [0, 0.05) is 6.20 Å². The Morgan fingerprint density at radius 2 is 1.38 bits per heavy atom. The van der Waals surface area contributed by atoms with E-state index in [1.54, 1.807) is 0 Å². The van der Waals surface area contributed by atoms with Crippen molar-refractivity contribution in [3.8, 4) is 22.9 Å². The van der Waals surface area contributed by atoms with Crippen molar-refractivity contribution >= 4 is 16.1 Å². The van der Waals surface area contributed by atoms with E-state index in [4.69, 9.17) is 0 Å². The van der Waals surface area contributed by atoms with Crippen molar-refractivity contribution < 1.29 is 0 Å². The molecule has 0 bridgehead atoms. The molecule has 3 heteroatoms. The van der Waals surface area contributed by atoms with Gasteiger partial charge in [-0.3, -0.25) is 0 Å². The molecule has 0 aliphatic carbocycles. The summed E-state index contributed by atoms with van der Waals surface area (Å²) in [5, 5.41) is 0. The van der Waals surface area contributed by atoms with Crippen LogP contribution >= 0.6 is 0 Å². The van der Waals surface area contributed by atoms with Crippen molar-refractivity contribution in [3.63, 3.8) is 0 Å². The van der Waals surface area contributed by atoms with Gasteiger partial charge in [-0.15, -0.1) is 11.1 Å². The fourth-order valence-corrected chi connectivity index (χ4v) is 9.17. The summed E-state index contributed by atoms with van der Waals surface area (Å²) in [7, 11) is -3.14. The number of hydrogen-bond acceptors (Lipinski definition) is 1. The maximum absolute atomic E-state index is 4.52. The lowest BCUT2D eigenvalue weighted by atomic mass is 10.2. The highest BCUT2D eigenvalue weighted by molar-refractivity contribution is 6.90. The van der Waals surface area contributed by atoms with Crippen LogP contribution in [0.25, 0.3) is 0 Å². The van der Waals surface area contributed by atoms with Crippen LogP contribution in [-0.2, 0) is 0 Å². The zero-order valence-corrected chi connectivity index (χ0v) is 18.9. The van der Waals surface area contributed by atoms with Crippen LogP contribution in [0.2, 0.25) is 36.3 Å². The average Bonchev–Trinajstić information content (AvgIpc) is 2.44. The van der Waals surface area contributed by atoms with E-state index in [-0.39, 0.29) is 0 Å². The van der Waals surface area contributed by atoms with Gasteiger partial charge >= 0.3 is 0 Å². The Balaban J connectivity index is 3.41. The quantitative estimate of drug-likeness (QED) is 0.487. The molecule has 0 N–H and O–H groups in total. The number of rotatable bonds is 3. The second-order valence-corrected chi connectivity index (χ2v) is 18.9. The van der Waals surface area contributed by atoms with Gasteiger partial charge in [-0.1, -0.05) is 73.0 Å². The zero-order chi connectivity index (χ0) is 18.5. The van der Waals surface area contributed by atoms with Gasteiger partial charge in [-0.05, 0) is 28.8 Å². The largest absolute Gasteiger partial charge is 0.246 e. The van der Waals surface area contributed by atoms with Crippen molar-refractivity contribution in [2.45, 2.75) is 77.8 Å².